The van der Waals surface area contributed by atoms with Crippen molar-refractivity contribution in [3.05, 3.63) is 54.2 Å². The highest BCUT2D eigenvalue weighted by atomic mass is 16.5. The lowest BCUT2D eigenvalue weighted by atomic mass is 10.2. The number of pyridine rings is 1. The lowest BCUT2D eigenvalue weighted by molar-refractivity contribution is -0.131. The van der Waals surface area contributed by atoms with Gasteiger partial charge in [-0.15, -0.1) is 0 Å². The summed E-state index contributed by atoms with van der Waals surface area (Å²) in [5.74, 6) is 0.789. The predicted molar refractivity (Wildman–Crippen MR) is 78.6 cm³/mol. The van der Waals surface area contributed by atoms with Crippen LogP contribution in [0.3, 0.4) is 0 Å². The Morgan fingerprint density at radius 1 is 1.29 bits per heavy atom. The minimum absolute atomic E-state index is 0.427. The van der Waals surface area contributed by atoms with Gasteiger partial charge in [0.15, 0.2) is 0 Å². The second kappa shape index (κ2) is 7.09. The molecule has 0 aliphatic rings. The molecule has 0 fully saturated rings. The number of aromatic nitrogens is 1. The van der Waals surface area contributed by atoms with Crippen molar-refractivity contribution in [3.8, 4) is 17.4 Å². The molecule has 2 rings (SSSR count). The first-order chi connectivity index (χ1) is 10.2. The monoisotopic (exact) mass is 285 g/mol. The SMILES string of the molecule is CCOc1cccc(Oc2ccc(/C=C/C(=O)O)cn2)c1. The fourth-order valence-electron chi connectivity index (χ4n) is 1.63. The lowest BCUT2D eigenvalue weighted by Gasteiger charge is -2.07. The quantitative estimate of drug-likeness (QED) is 0.824. The van der Waals surface area contributed by atoms with Gasteiger partial charge in [-0.2, -0.15) is 0 Å². The Bertz CT molecular complexity index is 635. The molecule has 0 bridgehead atoms. The smallest absolute Gasteiger partial charge is 0.328 e. The second-order valence-electron chi connectivity index (χ2n) is 4.11. The van der Waals surface area contributed by atoms with Gasteiger partial charge in [-0.25, -0.2) is 9.78 Å². The Morgan fingerprint density at radius 2 is 2.10 bits per heavy atom. The molecule has 1 heterocycles. The molecule has 21 heavy (non-hydrogen) atoms. The highest BCUT2D eigenvalue weighted by molar-refractivity contribution is 5.85. The third kappa shape index (κ3) is 4.65. The van der Waals surface area contributed by atoms with Crippen LogP contribution in [0.1, 0.15) is 12.5 Å². The Morgan fingerprint density at radius 3 is 2.76 bits per heavy atom. The van der Waals surface area contributed by atoms with Crippen molar-refractivity contribution in [1.29, 1.82) is 0 Å². The summed E-state index contributed by atoms with van der Waals surface area (Å²) >= 11 is 0. The summed E-state index contributed by atoms with van der Waals surface area (Å²) in [6.07, 6.45) is 4.07. The Hall–Kier alpha value is -2.82. The zero-order valence-electron chi connectivity index (χ0n) is 11.5. The van der Waals surface area contributed by atoms with E-state index in [1.807, 2.05) is 25.1 Å². The number of nitrogens with zero attached hydrogens (tertiary/aromatic N) is 1. The number of rotatable bonds is 6. The van der Waals surface area contributed by atoms with E-state index in [0.717, 1.165) is 11.8 Å². The zero-order valence-corrected chi connectivity index (χ0v) is 11.5. The first-order valence-corrected chi connectivity index (χ1v) is 6.45. The maximum absolute atomic E-state index is 10.4. The van der Waals surface area contributed by atoms with Crippen LogP contribution in [0, 0.1) is 0 Å². The van der Waals surface area contributed by atoms with E-state index < -0.39 is 5.97 Å². The van der Waals surface area contributed by atoms with Crippen molar-refractivity contribution in [2.24, 2.45) is 0 Å². The molecule has 0 saturated heterocycles. The zero-order chi connectivity index (χ0) is 15.1. The number of aliphatic carboxylic acids is 1. The normalized spacial score (nSPS) is 10.5. The van der Waals surface area contributed by atoms with E-state index >= 15 is 0 Å². The fourth-order valence-corrected chi connectivity index (χ4v) is 1.63. The fraction of sp³-hybridized carbons (Fsp3) is 0.125. The number of carbonyl (C=O) groups is 1. The van der Waals surface area contributed by atoms with E-state index in [1.165, 1.54) is 6.08 Å². The van der Waals surface area contributed by atoms with Crippen LogP contribution >= 0.6 is 0 Å². The number of hydrogen-bond donors (Lipinski definition) is 1. The largest absolute Gasteiger partial charge is 0.494 e. The molecule has 108 valence electrons. The van der Waals surface area contributed by atoms with Crippen LogP contribution in [-0.2, 0) is 4.79 Å². The van der Waals surface area contributed by atoms with Crippen LogP contribution in [0.25, 0.3) is 6.08 Å². The summed E-state index contributed by atoms with van der Waals surface area (Å²) in [6.45, 7) is 2.50. The molecule has 5 heteroatoms. The van der Waals surface area contributed by atoms with Crippen molar-refractivity contribution in [1.82, 2.24) is 4.98 Å². The minimum Gasteiger partial charge on any atom is -0.494 e. The van der Waals surface area contributed by atoms with Crippen molar-refractivity contribution in [2.45, 2.75) is 6.92 Å². The summed E-state index contributed by atoms with van der Waals surface area (Å²) in [7, 11) is 0. The van der Waals surface area contributed by atoms with E-state index in [0.29, 0.717) is 23.8 Å². The van der Waals surface area contributed by atoms with E-state index in [1.54, 1.807) is 24.4 Å². The number of hydrogen-bond acceptors (Lipinski definition) is 4. The predicted octanol–water partition coefficient (Wildman–Crippen LogP) is 3.37. The third-order valence-corrected chi connectivity index (χ3v) is 2.52. The topological polar surface area (TPSA) is 68.7 Å². The van der Waals surface area contributed by atoms with Crippen LogP contribution < -0.4 is 9.47 Å². The van der Waals surface area contributed by atoms with Gasteiger partial charge in [-0.05, 0) is 36.8 Å². The molecule has 0 aliphatic heterocycles. The van der Waals surface area contributed by atoms with Crippen LogP contribution in [-0.4, -0.2) is 22.7 Å². The van der Waals surface area contributed by atoms with Crippen molar-refractivity contribution < 1.29 is 19.4 Å². The van der Waals surface area contributed by atoms with Gasteiger partial charge in [-0.1, -0.05) is 6.07 Å². The number of carboxylic acids is 1. The third-order valence-electron chi connectivity index (χ3n) is 2.52. The highest BCUT2D eigenvalue weighted by Gasteiger charge is 2.01. The maximum atomic E-state index is 10.4. The average molecular weight is 285 g/mol. The van der Waals surface area contributed by atoms with Crippen LogP contribution in [0.4, 0.5) is 0 Å². The van der Waals surface area contributed by atoms with Gasteiger partial charge in [-0.3, -0.25) is 0 Å². The molecule has 0 unspecified atom stereocenters. The number of benzene rings is 1. The van der Waals surface area contributed by atoms with Gasteiger partial charge in [0.1, 0.15) is 11.5 Å². The van der Waals surface area contributed by atoms with Gasteiger partial charge in [0.25, 0.3) is 0 Å². The Balaban J connectivity index is 2.06. The number of carboxylic acid groups (broad SMARTS) is 1. The molecule has 1 N–H and O–H groups in total. The second-order valence-corrected chi connectivity index (χ2v) is 4.11. The van der Waals surface area contributed by atoms with Gasteiger partial charge < -0.3 is 14.6 Å². The van der Waals surface area contributed by atoms with Gasteiger partial charge in [0.2, 0.25) is 5.88 Å². The molecule has 1 aromatic heterocycles. The van der Waals surface area contributed by atoms with Gasteiger partial charge in [0.05, 0.1) is 6.61 Å². The average Bonchev–Trinajstić information content (AvgIpc) is 2.47. The summed E-state index contributed by atoms with van der Waals surface area (Å²) in [5, 5.41) is 8.55. The summed E-state index contributed by atoms with van der Waals surface area (Å²) in [5.41, 5.74) is 0.688. The Kier molecular flexibility index (Phi) is 4.93. The molecular formula is C16H15NO4. The van der Waals surface area contributed by atoms with E-state index in [4.69, 9.17) is 14.6 Å². The van der Waals surface area contributed by atoms with Crippen molar-refractivity contribution in [2.75, 3.05) is 6.61 Å². The van der Waals surface area contributed by atoms with E-state index in [-0.39, 0.29) is 0 Å². The summed E-state index contributed by atoms with van der Waals surface area (Å²) in [6, 6.07) is 10.7. The molecule has 1 aromatic carbocycles. The van der Waals surface area contributed by atoms with Crippen molar-refractivity contribution >= 4 is 12.0 Å². The molecule has 0 amide bonds. The summed E-state index contributed by atoms with van der Waals surface area (Å²) in [4.78, 5) is 14.5. The minimum atomic E-state index is -0.997. The number of ether oxygens (including phenoxy) is 2. The molecule has 0 saturated carbocycles. The van der Waals surface area contributed by atoms with Gasteiger partial charge in [0, 0.05) is 24.4 Å². The molecule has 0 aliphatic carbocycles. The molecule has 5 nitrogen and oxygen atoms in total. The first-order valence-electron chi connectivity index (χ1n) is 6.45. The molecule has 0 spiro atoms. The molecule has 2 aromatic rings. The standard InChI is InChI=1S/C16H15NO4/c1-2-20-13-4-3-5-14(10-13)21-15-8-6-12(11-17-15)7-9-16(18)19/h3-11H,2H2,1H3,(H,18,19)/b9-7+. The maximum Gasteiger partial charge on any atom is 0.328 e. The van der Waals surface area contributed by atoms with Gasteiger partial charge >= 0.3 is 5.97 Å². The molecule has 0 radical (unpaired) electrons. The summed E-state index contributed by atoms with van der Waals surface area (Å²) < 4.78 is 11.0. The van der Waals surface area contributed by atoms with Crippen LogP contribution in [0.5, 0.6) is 17.4 Å². The Labute approximate surface area is 122 Å². The molecular weight excluding hydrogens is 270 g/mol. The van der Waals surface area contributed by atoms with Crippen LogP contribution in [0.15, 0.2) is 48.7 Å². The van der Waals surface area contributed by atoms with Crippen LogP contribution in [0.2, 0.25) is 0 Å². The van der Waals surface area contributed by atoms with E-state index in [9.17, 15) is 4.79 Å². The first kappa shape index (κ1) is 14.6. The molecule has 0 atom stereocenters. The van der Waals surface area contributed by atoms with E-state index in [2.05, 4.69) is 4.98 Å². The van der Waals surface area contributed by atoms with Crippen molar-refractivity contribution in [3.63, 3.8) is 0 Å². The lowest BCUT2D eigenvalue weighted by Crippen LogP contribution is -1.92. The highest BCUT2D eigenvalue weighted by Crippen LogP contribution is 2.24.